The molecule has 1 saturated heterocycles. The van der Waals surface area contributed by atoms with Crippen molar-refractivity contribution in [2.24, 2.45) is 5.41 Å². The molecular formula is C22H34Cl2HfSi. The molecule has 0 aromatic carbocycles. The van der Waals surface area contributed by atoms with Gasteiger partial charge in [0.2, 0.25) is 0 Å². The van der Waals surface area contributed by atoms with Crippen molar-refractivity contribution in [3.8, 4) is 0 Å². The second kappa shape index (κ2) is 12.2. The van der Waals surface area contributed by atoms with Gasteiger partial charge in [-0.05, 0) is 0 Å². The van der Waals surface area contributed by atoms with Gasteiger partial charge in [-0.3, -0.25) is 12.2 Å². The maximum Gasteiger partial charge on any atom is 4.00 e. The van der Waals surface area contributed by atoms with Crippen molar-refractivity contribution < 1.29 is 50.7 Å². The Morgan fingerprint density at radius 2 is 1.73 bits per heavy atom. The molecule has 3 aliphatic rings. The molecule has 0 aromatic rings. The van der Waals surface area contributed by atoms with Crippen molar-refractivity contribution in [2.75, 3.05) is 0 Å². The van der Waals surface area contributed by atoms with Crippen LogP contribution in [0.5, 0.6) is 0 Å². The molecule has 1 aliphatic heterocycles. The monoisotopic (exact) mass is 576 g/mol. The zero-order valence-electron chi connectivity index (χ0n) is 17.4. The standard InChI is InChI=1S/C12H19Si.C10H15.2ClH.Hf/c1-2-3-9-13(10-6-11-13)12-7-4-5-8-12;1-7-6-10(4,5)9(3)8(7)2;;;/h4,7H,2-3,5-6,9-11H2,1H3;1-5H3;2*1H;/q2*-1;;;+4/p-2. The molecule has 26 heavy (non-hydrogen) atoms. The Morgan fingerprint density at radius 3 is 2.00 bits per heavy atom. The largest absolute Gasteiger partial charge is 4.00 e. The van der Waals surface area contributed by atoms with Crippen molar-refractivity contribution >= 4 is 8.07 Å². The maximum absolute atomic E-state index is 3.58. The number of allylic oxidation sites excluding steroid dienone is 8. The molecule has 0 radical (unpaired) electrons. The van der Waals surface area contributed by atoms with Crippen LogP contribution in [0.4, 0.5) is 0 Å². The SMILES string of the molecule is CC1=[C-]C(C)(C)C(C)=C1C.CCCC[Si]1(C2=[C-]CC=C2)CCC1.[Cl-].[Cl-].[Hf+4]. The average Bonchev–Trinajstić information content (AvgIpc) is 3.04. The van der Waals surface area contributed by atoms with Gasteiger partial charge < -0.3 is 24.8 Å². The van der Waals surface area contributed by atoms with Crippen LogP contribution in [0.2, 0.25) is 18.1 Å². The first-order valence-electron chi connectivity index (χ1n) is 9.40. The fourth-order valence-corrected chi connectivity index (χ4v) is 8.44. The zero-order chi connectivity index (χ0) is 17.1. The first-order valence-corrected chi connectivity index (χ1v) is 12.0. The van der Waals surface area contributed by atoms with Gasteiger partial charge in [-0.1, -0.05) is 77.4 Å². The van der Waals surface area contributed by atoms with E-state index in [-0.39, 0.29) is 56.1 Å². The Kier molecular flexibility index (Phi) is 13.6. The molecule has 0 saturated carbocycles. The summed E-state index contributed by atoms with van der Waals surface area (Å²) in [6.45, 7) is 13.2. The van der Waals surface area contributed by atoms with Gasteiger partial charge >= 0.3 is 25.8 Å². The quantitative estimate of drug-likeness (QED) is 0.347. The summed E-state index contributed by atoms with van der Waals surface area (Å²) in [5.41, 5.74) is 4.39. The molecule has 1 heterocycles. The van der Waals surface area contributed by atoms with Crippen molar-refractivity contribution in [3.05, 3.63) is 46.2 Å². The van der Waals surface area contributed by atoms with Gasteiger partial charge in [0.1, 0.15) is 0 Å². The van der Waals surface area contributed by atoms with Gasteiger partial charge in [0.25, 0.3) is 0 Å². The van der Waals surface area contributed by atoms with E-state index in [0.29, 0.717) is 0 Å². The van der Waals surface area contributed by atoms with Crippen molar-refractivity contribution in [2.45, 2.75) is 85.4 Å². The summed E-state index contributed by atoms with van der Waals surface area (Å²) in [5.74, 6) is 0. The Morgan fingerprint density at radius 1 is 1.12 bits per heavy atom. The minimum absolute atomic E-state index is 0. The van der Waals surface area contributed by atoms with E-state index in [2.05, 4.69) is 65.8 Å². The molecule has 0 nitrogen and oxygen atoms in total. The van der Waals surface area contributed by atoms with Crippen LogP contribution in [0.1, 0.15) is 67.2 Å². The van der Waals surface area contributed by atoms with E-state index < -0.39 is 8.07 Å². The summed E-state index contributed by atoms with van der Waals surface area (Å²) in [7, 11) is -0.912. The Bertz CT molecular complexity index is 567. The minimum atomic E-state index is -0.912. The summed E-state index contributed by atoms with van der Waals surface area (Å²) in [5, 5.41) is 1.67. The van der Waals surface area contributed by atoms with Crippen LogP contribution in [-0.2, 0) is 25.8 Å². The molecule has 0 N–H and O–H groups in total. The molecule has 4 heteroatoms. The van der Waals surface area contributed by atoms with E-state index in [4.69, 9.17) is 0 Å². The van der Waals surface area contributed by atoms with Gasteiger partial charge in [-0.25, -0.2) is 16.8 Å². The van der Waals surface area contributed by atoms with Crippen LogP contribution in [0.15, 0.2) is 34.1 Å². The van der Waals surface area contributed by atoms with E-state index in [0.717, 1.165) is 6.42 Å². The zero-order valence-corrected chi connectivity index (χ0v) is 23.5. The van der Waals surface area contributed by atoms with E-state index in [9.17, 15) is 0 Å². The Labute approximate surface area is 194 Å². The van der Waals surface area contributed by atoms with Gasteiger partial charge in [-0.15, -0.1) is 13.3 Å². The van der Waals surface area contributed by atoms with Crippen molar-refractivity contribution in [1.29, 1.82) is 0 Å². The first kappa shape index (κ1) is 28.8. The third-order valence-electron chi connectivity index (χ3n) is 6.15. The number of rotatable bonds is 4. The van der Waals surface area contributed by atoms with E-state index in [1.54, 1.807) is 17.3 Å². The number of halogens is 2. The molecule has 1 fully saturated rings. The van der Waals surface area contributed by atoms with E-state index in [1.165, 1.54) is 42.0 Å². The fourth-order valence-electron chi connectivity index (χ4n) is 3.95. The van der Waals surface area contributed by atoms with Crippen LogP contribution in [-0.4, -0.2) is 8.07 Å². The molecule has 144 valence electrons. The summed E-state index contributed by atoms with van der Waals surface area (Å²) < 4.78 is 0. The van der Waals surface area contributed by atoms with Crippen LogP contribution in [0.3, 0.4) is 0 Å². The van der Waals surface area contributed by atoms with Crippen LogP contribution < -0.4 is 24.8 Å². The number of unbranched alkanes of at least 4 members (excludes halogenated alkanes) is 1. The summed E-state index contributed by atoms with van der Waals surface area (Å²) in [4.78, 5) is 0. The maximum atomic E-state index is 3.58. The molecular weight excluding hydrogens is 542 g/mol. The molecule has 0 amide bonds. The van der Waals surface area contributed by atoms with E-state index in [1.807, 2.05) is 0 Å². The second-order valence-electron chi connectivity index (χ2n) is 8.06. The molecule has 0 unspecified atom stereocenters. The number of hydrogen-bond donors (Lipinski definition) is 0. The first-order chi connectivity index (χ1) is 10.8. The fraction of sp³-hybridized carbons (Fsp3) is 0.636. The third-order valence-corrected chi connectivity index (χ3v) is 11.6. The molecule has 0 aromatic heterocycles. The minimum Gasteiger partial charge on any atom is -1.00 e. The Hall–Kier alpha value is 0.627. The van der Waals surface area contributed by atoms with Crippen molar-refractivity contribution in [1.82, 2.24) is 0 Å². The van der Waals surface area contributed by atoms with Crippen LogP contribution in [0, 0.1) is 17.6 Å². The van der Waals surface area contributed by atoms with Gasteiger partial charge in [0.15, 0.2) is 0 Å². The third kappa shape index (κ3) is 6.60. The topological polar surface area (TPSA) is 0 Å². The summed E-state index contributed by atoms with van der Waals surface area (Å²) >= 11 is 0. The summed E-state index contributed by atoms with van der Waals surface area (Å²) in [6, 6.07) is 4.65. The second-order valence-corrected chi connectivity index (χ2v) is 12.7. The predicted octanol–water partition coefficient (Wildman–Crippen LogP) is 0.985. The molecule has 0 atom stereocenters. The number of hydrogen-bond acceptors (Lipinski definition) is 0. The molecule has 0 bridgehead atoms. The van der Waals surface area contributed by atoms with Crippen LogP contribution >= 0.6 is 0 Å². The Balaban J connectivity index is 0. The normalized spacial score (nSPS) is 21.2. The van der Waals surface area contributed by atoms with Gasteiger partial charge in [0.05, 0.1) is 0 Å². The predicted molar refractivity (Wildman–Crippen MR) is 105 cm³/mol. The summed E-state index contributed by atoms with van der Waals surface area (Å²) in [6.07, 6.45) is 17.1. The van der Waals surface area contributed by atoms with Gasteiger partial charge in [-0.2, -0.15) is 17.2 Å². The average molecular weight is 576 g/mol. The molecule has 0 spiro atoms. The van der Waals surface area contributed by atoms with Gasteiger partial charge in [0, 0.05) is 8.07 Å². The molecule has 2 aliphatic carbocycles. The smallest absolute Gasteiger partial charge is 1.00 e. The molecule has 3 rings (SSSR count). The van der Waals surface area contributed by atoms with Crippen molar-refractivity contribution in [3.63, 3.8) is 0 Å². The van der Waals surface area contributed by atoms with E-state index >= 15 is 0 Å². The van der Waals surface area contributed by atoms with Crippen LogP contribution in [0.25, 0.3) is 0 Å².